The van der Waals surface area contributed by atoms with Crippen LogP contribution < -0.4 is 10.5 Å². The van der Waals surface area contributed by atoms with Gasteiger partial charge in [0.1, 0.15) is 0 Å². The van der Waals surface area contributed by atoms with Crippen molar-refractivity contribution < 1.29 is 12.8 Å². The summed E-state index contributed by atoms with van der Waals surface area (Å²) in [7, 11) is -3.53. The standard InChI is InChI=1S/C8H11BrN2O3S.ClH/c9-7-1-2-8(14-7)15(12,13)11-6-3-5(10)4-6;/h1-2,5-6,11H,3-4,10H2;1H. The SMILES string of the molecule is Cl.NC1CC(NS(=O)(=O)c2ccc(Br)o2)C1. The Morgan fingerprint density at radius 1 is 1.44 bits per heavy atom. The van der Waals surface area contributed by atoms with Crippen LogP contribution >= 0.6 is 28.3 Å². The zero-order chi connectivity index (χ0) is 11.1. The van der Waals surface area contributed by atoms with E-state index >= 15 is 0 Å². The lowest BCUT2D eigenvalue weighted by molar-refractivity contribution is 0.323. The molecule has 0 spiro atoms. The Morgan fingerprint density at radius 2 is 2.06 bits per heavy atom. The third kappa shape index (κ3) is 2.98. The van der Waals surface area contributed by atoms with E-state index in [0.717, 1.165) is 0 Å². The zero-order valence-corrected chi connectivity index (χ0v) is 11.4. The van der Waals surface area contributed by atoms with Crippen LogP contribution in [0.4, 0.5) is 0 Å². The van der Waals surface area contributed by atoms with Crippen LogP contribution in [0.1, 0.15) is 12.8 Å². The molecule has 1 aliphatic rings. The Labute approximate surface area is 108 Å². The van der Waals surface area contributed by atoms with Gasteiger partial charge >= 0.3 is 0 Å². The van der Waals surface area contributed by atoms with Gasteiger partial charge in [0.15, 0.2) is 4.67 Å². The Morgan fingerprint density at radius 3 is 2.50 bits per heavy atom. The number of halogens is 2. The van der Waals surface area contributed by atoms with Crippen molar-refractivity contribution in [1.29, 1.82) is 0 Å². The number of furan rings is 1. The van der Waals surface area contributed by atoms with Gasteiger partial charge in [0, 0.05) is 12.1 Å². The largest absolute Gasteiger partial charge is 0.437 e. The number of sulfonamides is 1. The zero-order valence-electron chi connectivity index (χ0n) is 8.22. The minimum atomic E-state index is -3.53. The monoisotopic (exact) mass is 330 g/mol. The first kappa shape index (κ1) is 14.0. The van der Waals surface area contributed by atoms with Gasteiger partial charge in [-0.2, -0.15) is 0 Å². The van der Waals surface area contributed by atoms with Gasteiger partial charge in [0.05, 0.1) is 0 Å². The van der Waals surface area contributed by atoms with E-state index in [0.29, 0.717) is 17.5 Å². The molecule has 5 nitrogen and oxygen atoms in total. The number of nitrogens with two attached hydrogens (primary N) is 1. The predicted octanol–water partition coefficient (Wildman–Crippen LogP) is 1.23. The van der Waals surface area contributed by atoms with Crippen molar-refractivity contribution in [3.63, 3.8) is 0 Å². The van der Waals surface area contributed by atoms with Crippen LogP contribution in [-0.2, 0) is 10.0 Å². The quantitative estimate of drug-likeness (QED) is 0.872. The maximum absolute atomic E-state index is 11.7. The molecule has 3 N–H and O–H groups in total. The van der Waals surface area contributed by atoms with Gasteiger partial charge in [-0.1, -0.05) is 0 Å². The maximum atomic E-state index is 11.7. The molecule has 16 heavy (non-hydrogen) atoms. The fourth-order valence-electron chi connectivity index (χ4n) is 1.48. The molecule has 0 aliphatic heterocycles. The van der Waals surface area contributed by atoms with Crippen LogP contribution in [-0.4, -0.2) is 20.5 Å². The van der Waals surface area contributed by atoms with Gasteiger partial charge in [-0.3, -0.25) is 0 Å². The van der Waals surface area contributed by atoms with E-state index < -0.39 is 10.0 Å². The van der Waals surface area contributed by atoms with Crippen LogP contribution in [0, 0.1) is 0 Å². The summed E-state index contributed by atoms with van der Waals surface area (Å²) in [4.78, 5) is 0. The Balaban J connectivity index is 0.00000128. The summed E-state index contributed by atoms with van der Waals surface area (Å²) >= 11 is 3.05. The van der Waals surface area contributed by atoms with Crippen LogP contribution in [0.3, 0.4) is 0 Å². The van der Waals surface area contributed by atoms with Crippen molar-refractivity contribution in [3.05, 3.63) is 16.8 Å². The maximum Gasteiger partial charge on any atom is 0.274 e. The van der Waals surface area contributed by atoms with Crippen molar-refractivity contribution in [2.24, 2.45) is 5.73 Å². The molecule has 0 atom stereocenters. The van der Waals surface area contributed by atoms with Crippen molar-refractivity contribution in [2.75, 3.05) is 0 Å². The minimum absolute atomic E-state index is 0. The molecule has 0 radical (unpaired) electrons. The lowest BCUT2D eigenvalue weighted by Gasteiger charge is -2.32. The van der Waals surface area contributed by atoms with E-state index in [9.17, 15) is 8.42 Å². The molecule has 0 unspecified atom stereocenters. The second-order valence-electron chi connectivity index (χ2n) is 3.61. The molecule has 1 fully saturated rings. The van der Waals surface area contributed by atoms with Gasteiger partial charge in [-0.15, -0.1) is 12.4 Å². The molecular formula is C8H12BrClN2O3S. The van der Waals surface area contributed by atoms with Gasteiger partial charge < -0.3 is 10.2 Å². The van der Waals surface area contributed by atoms with E-state index in [-0.39, 0.29) is 29.6 Å². The third-order valence-corrected chi connectivity index (χ3v) is 4.13. The van der Waals surface area contributed by atoms with Crippen LogP contribution in [0.2, 0.25) is 0 Å². The topological polar surface area (TPSA) is 85.3 Å². The average molecular weight is 332 g/mol. The lowest BCUT2D eigenvalue weighted by atomic mass is 9.89. The molecule has 1 saturated carbocycles. The van der Waals surface area contributed by atoms with Crippen molar-refractivity contribution in [3.8, 4) is 0 Å². The smallest absolute Gasteiger partial charge is 0.274 e. The molecular weight excluding hydrogens is 320 g/mol. The molecule has 0 bridgehead atoms. The summed E-state index contributed by atoms with van der Waals surface area (Å²) in [6.07, 6.45) is 1.36. The van der Waals surface area contributed by atoms with Crippen LogP contribution in [0.25, 0.3) is 0 Å². The minimum Gasteiger partial charge on any atom is -0.437 e. The Kier molecular flexibility index (Phi) is 4.42. The summed E-state index contributed by atoms with van der Waals surface area (Å²) in [6, 6.07) is 3.00. The van der Waals surface area contributed by atoms with Gasteiger partial charge in [-0.05, 0) is 40.9 Å². The van der Waals surface area contributed by atoms with Gasteiger partial charge in [0.2, 0.25) is 5.09 Å². The third-order valence-electron chi connectivity index (χ3n) is 2.31. The average Bonchev–Trinajstić information content (AvgIpc) is 2.49. The number of hydrogen-bond donors (Lipinski definition) is 2. The first-order valence-electron chi connectivity index (χ1n) is 4.50. The first-order chi connectivity index (χ1) is 6.97. The Bertz CT molecular complexity index is 456. The van der Waals surface area contributed by atoms with E-state index in [2.05, 4.69) is 20.7 Å². The van der Waals surface area contributed by atoms with E-state index in [1.54, 1.807) is 6.07 Å². The second kappa shape index (κ2) is 5.05. The molecule has 0 saturated heterocycles. The highest BCUT2D eigenvalue weighted by Gasteiger charge is 2.31. The second-order valence-corrected chi connectivity index (χ2v) is 6.03. The molecule has 2 rings (SSSR count). The highest BCUT2D eigenvalue weighted by Crippen LogP contribution is 2.22. The molecule has 8 heteroatoms. The fourth-order valence-corrected chi connectivity index (χ4v) is 3.09. The summed E-state index contributed by atoms with van der Waals surface area (Å²) in [5.41, 5.74) is 5.56. The number of hydrogen-bond acceptors (Lipinski definition) is 4. The van der Waals surface area contributed by atoms with Crippen LogP contribution in [0.5, 0.6) is 0 Å². The Hall–Kier alpha value is -0.0800. The molecule has 1 aromatic rings. The summed E-state index contributed by atoms with van der Waals surface area (Å²) in [5.74, 6) is 0. The van der Waals surface area contributed by atoms with Crippen LogP contribution in [0.15, 0.2) is 26.3 Å². The van der Waals surface area contributed by atoms with E-state index in [1.807, 2.05) is 0 Å². The summed E-state index contributed by atoms with van der Waals surface area (Å²) in [5, 5.41) is -0.0742. The molecule has 1 aromatic heterocycles. The molecule has 0 amide bonds. The molecule has 92 valence electrons. The van der Waals surface area contributed by atoms with E-state index in [1.165, 1.54) is 6.07 Å². The van der Waals surface area contributed by atoms with Gasteiger partial charge in [0.25, 0.3) is 10.0 Å². The number of nitrogens with one attached hydrogen (secondary N) is 1. The first-order valence-corrected chi connectivity index (χ1v) is 6.78. The van der Waals surface area contributed by atoms with Crippen molar-refractivity contribution in [2.45, 2.75) is 30.0 Å². The molecule has 1 heterocycles. The fraction of sp³-hybridized carbons (Fsp3) is 0.500. The highest BCUT2D eigenvalue weighted by atomic mass is 79.9. The van der Waals surface area contributed by atoms with E-state index in [4.69, 9.17) is 10.2 Å². The lowest BCUT2D eigenvalue weighted by Crippen LogP contribution is -2.50. The normalized spacial score (nSPS) is 24.6. The van der Waals surface area contributed by atoms with Crippen molar-refractivity contribution >= 4 is 38.4 Å². The van der Waals surface area contributed by atoms with Gasteiger partial charge in [-0.25, -0.2) is 13.1 Å². The molecule has 1 aliphatic carbocycles. The highest BCUT2D eigenvalue weighted by molar-refractivity contribution is 9.10. The summed E-state index contributed by atoms with van der Waals surface area (Å²) < 4.78 is 31.3. The van der Waals surface area contributed by atoms with Crippen molar-refractivity contribution in [1.82, 2.24) is 4.72 Å². The predicted molar refractivity (Wildman–Crippen MR) is 65.0 cm³/mol. The molecule has 0 aromatic carbocycles. The summed E-state index contributed by atoms with van der Waals surface area (Å²) in [6.45, 7) is 0. The number of rotatable bonds is 3.